The first-order valence-electron chi connectivity index (χ1n) is 17.5. The molecule has 2 aromatic rings. The highest BCUT2D eigenvalue weighted by Gasteiger charge is 2.44. The average Bonchev–Trinajstić information content (AvgIpc) is 3.37. The van der Waals surface area contributed by atoms with Gasteiger partial charge in [-0.2, -0.15) is 21.4 Å². The van der Waals surface area contributed by atoms with Gasteiger partial charge in [0, 0.05) is 60.4 Å². The third-order valence-electron chi connectivity index (χ3n) is 9.68. The van der Waals surface area contributed by atoms with Gasteiger partial charge < -0.3 is 14.9 Å². The third-order valence-corrected chi connectivity index (χ3v) is 11.3. The van der Waals surface area contributed by atoms with E-state index in [1.54, 1.807) is 12.1 Å². The number of nitrogens with zero attached hydrogens (tertiary/aromatic N) is 3. The van der Waals surface area contributed by atoms with Crippen LogP contribution >= 0.6 is 0 Å². The number of aliphatic carboxylic acids is 1. The van der Waals surface area contributed by atoms with Crippen LogP contribution in [0.25, 0.3) is 0 Å². The summed E-state index contributed by atoms with van der Waals surface area (Å²) in [6.07, 6.45) is 15.5. The van der Waals surface area contributed by atoms with E-state index in [4.69, 9.17) is 5.11 Å². The van der Waals surface area contributed by atoms with Crippen LogP contribution in [0.4, 0.5) is 11.4 Å². The molecular formula is C39H52N3O8S2+. The average molecular weight is 755 g/mol. The summed E-state index contributed by atoms with van der Waals surface area (Å²) in [5.41, 5.74) is 6.05. The van der Waals surface area contributed by atoms with Crippen molar-refractivity contribution < 1.29 is 40.4 Å². The molecule has 0 bridgehead atoms. The molecule has 52 heavy (non-hydrogen) atoms. The Hall–Kier alpha value is -3.88. The van der Waals surface area contributed by atoms with E-state index in [1.807, 2.05) is 75.6 Å². The number of carboxylic acid groups (broad SMARTS) is 1. The monoisotopic (exact) mass is 754 g/mol. The first kappa shape index (κ1) is 40.9. The second kappa shape index (κ2) is 16.4. The van der Waals surface area contributed by atoms with Gasteiger partial charge in [-0.1, -0.05) is 63.3 Å². The van der Waals surface area contributed by atoms with E-state index in [1.165, 1.54) is 6.07 Å². The molecule has 4 rings (SSSR count). The highest BCUT2D eigenvalue weighted by Crippen LogP contribution is 2.48. The number of carboxylic acids is 1. The van der Waals surface area contributed by atoms with Gasteiger partial charge in [0.05, 0.1) is 16.1 Å². The van der Waals surface area contributed by atoms with Crippen LogP contribution in [0.3, 0.4) is 0 Å². The van der Waals surface area contributed by atoms with Gasteiger partial charge in [-0.3, -0.25) is 13.9 Å². The summed E-state index contributed by atoms with van der Waals surface area (Å²) in [5, 5.41) is 8.98. The van der Waals surface area contributed by atoms with E-state index in [9.17, 15) is 30.7 Å². The molecule has 0 saturated heterocycles. The second-order valence-corrected chi connectivity index (χ2v) is 17.5. The number of carbonyl (C=O) groups is 1. The van der Waals surface area contributed by atoms with E-state index in [2.05, 4.69) is 41.2 Å². The van der Waals surface area contributed by atoms with Crippen molar-refractivity contribution in [3.05, 3.63) is 101 Å². The van der Waals surface area contributed by atoms with Crippen molar-refractivity contribution in [2.75, 3.05) is 37.3 Å². The molecule has 2 heterocycles. The predicted octanol–water partition coefficient (Wildman–Crippen LogP) is 6.64. The highest BCUT2D eigenvalue weighted by molar-refractivity contribution is 7.86. The van der Waals surface area contributed by atoms with Crippen LogP contribution in [-0.4, -0.2) is 84.6 Å². The summed E-state index contributed by atoms with van der Waals surface area (Å²) >= 11 is 0. The Morgan fingerprint density at radius 1 is 0.904 bits per heavy atom. The quantitative estimate of drug-likeness (QED) is 0.0909. The lowest BCUT2D eigenvalue weighted by molar-refractivity contribution is -0.437. The van der Waals surface area contributed by atoms with Crippen molar-refractivity contribution in [3.63, 3.8) is 0 Å². The van der Waals surface area contributed by atoms with Gasteiger partial charge in [0.2, 0.25) is 5.69 Å². The molecular weight excluding hydrogens is 703 g/mol. The molecule has 0 aromatic heterocycles. The zero-order valence-electron chi connectivity index (χ0n) is 30.9. The maximum absolute atomic E-state index is 11.9. The fourth-order valence-electron chi connectivity index (χ4n) is 7.12. The molecule has 11 nitrogen and oxygen atoms in total. The second-order valence-electron chi connectivity index (χ2n) is 14.5. The van der Waals surface area contributed by atoms with Crippen molar-refractivity contribution in [1.82, 2.24) is 4.90 Å². The van der Waals surface area contributed by atoms with Crippen LogP contribution in [0.1, 0.15) is 77.0 Å². The number of anilines is 1. The zero-order chi connectivity index (χ0) is 38.5. The van der Waals surface area contributed by atoms with Crippen molar-refractivity contribution in [3.8, 4) is 0 Å². The van der Waals surface area contributed by atoms with E-state index in [0.717, 1.165) is 52.4 Å². The van der Waals surface area contributed by atoms with Crippen molar-refractivity contribution in [2.24, 2.45) is 0 Å². The van der Waals surface area contributed by atoms with Crippen LogP contribution in [0.5, 0.6) is 0 Å². The van der Waals surface area contributed by atoms with Gasteiger partial charge in [-0.25, -0.2) is 0 Å². The highest BCUT2D eigenvalue weighted by atomic mass is 32.2. The minimum Gasteiger partial charge on any atom is -0.481 e. The summed E-state index contributed by atoms with van der Waals surface area (Å²) < 4.78 is 68.0. The van der Waals surface area contributed by atoms with Gasteiger partial charge in [-0.05, 0) is 75.7 Å². The van der Waals surface area contributed by atoms with Gasteiger partial charge in [0.25, 0.3) is 20.2 Å². The Balaban J connectivity index is 1.55. The number of rotatable bonds is 17. The standard InChI is InChI=1S/C39H51N3O8S2/c1-7-22-41-34-21-19-30(52(48,49)50)27-32(34)39(4,5)35(41)15-11-9-8-10-12-16-36-38(2,3)31-26-29(28-40(6)23-13-17-37(43)44)18-20-33(31)42(36)24-14-25-51(45,46)47/h8-12,15-16,18-21,26-27H,7,13-14,17,22-25,28H2,1-6H3,(H2-,43,44,45,46,47,48,49,50)/p+1. The molecule has 0 spiro atoms. The maximum Gasteiger partial charge on any atom is 0.303 e. The minimum absolute atomic E-state index is 0.122. The van der Waals surface area contributed by atoms with Crippen LogP contribution in [0.2, 0.25) is 0 Å². The number of allylic oxidation sites excluding steroid dienone is 8. The fraction of sp³-hybridized carbons (Fsp3) is 0.436. The molecule has 282 valence electrons. The number of hydrogen-bond donors (Lipinski definition) is 3. The summed E-state index contributed by atoms with van der Waals surface area (Å²) in [6.45, 7) is 12.9. The van der Waals surface area contributed by atoms with Crippen LogP contribution in [0, 0.1) is 0 Å². The normalized spacial score (nSPS) is 17.8. The largest absolute Gasteiger partial charge is 0.481 e. The van der Waals surface area contributed by atoms with Crippen LogP contribution in [0.15, 0.2) is 89.5 Å². The van der Waals surface area contributed by atoms with Crippen molar-refractivity contribution >= 4 is 43.3 Å². The van der Waals surface area contributed by atoms with Crippen LogP contribution in [-0.2, 0) is 42.4 Å². The molecule has 2 aromatic carbocycles. The molecule has 2 aliphatic rings. The summed E-state index contributed by atoms with van der Waals surface area (Å²) in [5.74, 6) is -1.14. The lowest BCUT2D eigenvalue weighted by Gasteiger charge is -2.27. The number of benzene rings is 2. The Bertz CT molecular complexity index is 2040. The summed E-state index contributed by atoms with van der Waals surface area (Å²) in [7, 11) is -6.46. The van der Waals surface area contributed by atoms with E-state index < -0.39 is 37.0 Å². The maximum atomic E-state index is 11.9. The van der Waals surface area contributed by atoms with Gasteiger partial charge in [-0.15, -0.1) is 0 Å². The zero-order valence-corrected chi connectivity index (χ0v) is 32.5. The Kier molecular flexibility index (Phi) is 12.9. The number of fused-ring (bicyclic) bond motifs is 2. The van der Waals surface area contributed by atoms with Crippen LogP contribution < -0.4 is 4.90 Å². The molecule has 3 N–H and O–H groups in total. The molecule has 0 radical (unpaired) electrons. The molecule has 0 unspecified atom stereocenters. The lowest BCUT2D eigenvalue weighted by atomic mass is 9.81. The van der Waals surface area contributed by atoms with E-state index >= 15 is 0 Å². The predicted molar refractivity (Wildman–Crippen MR) is 206 cm³/mol. The van der Waals surface area contributed by atoms with Crippen molar-refractivity contribution in [2.45, 2.75) is 82.6 Å². The van der Waals surface area contributed by atoms with Gasteiger partial charge in [0.1, 0.15) is 6.54 Å². The number of hydrogen-bond acceptors (Lipinski definition) is 7. The Morgan fingerprint density at radius 2 is 1.60 bits per heavy atom. The molecule has 0 aliphatic carbocycles. The lowest BCUT2D eigenvalue weighted by Crippen LogP contribution is -2.28. The molecule has 0 saturated carbocycles. The molecule has 0 amide bonds. The summed E-state index contributed by atoms with van der Waals surface area (Å²) in [6, 6.07) is 11.0. The first-order chi connectivity index (χ1) is 24.3. The Labute approximate surface area is 308 Å². The minimum atomic E-state index is -4.33. The third kappa shape index (κ3) is 9.75. The molecule has 0 atom stereocenters. The fourth-order valence-corrected chi connectivity index (χ4v) is 8.12. The van der Waals surface area contributed by atoms with Crippen molar-refractivity contribution in [1.29, 1.82) is 0 Å². The smallest absolute Gasteiger partial charge is 0.303 e. The van der Waals surface area contributed by atoms with Gasteiger partial charge >= 0.3 is 5.97 Å². The Morgan fingerprint density at radius 3 is 2.25 bits per heavy atom. The molecule has 13 heteroatoms. The van der Waals surface area contributed by atoms with Gasteiger partial charge in [0.15, 0.2) is 5.71 Å². The van der Waals surface area contributed by atoms with E-state index in [0.29, 0.717) is 26.1 Å². The molecule has 2 aliphatic heterocycles. The van der Waals surface area contributed by atoms with E-state index in [-0.39, 0.29) is 23.5 Å². The SMILES string of the molecule is CCC[N+]1=C(C=CC=CC=CC=C2N(CCCS(=O)(=O)O)c3ccc(CN(C)CCCC(=O)O)cc3C2(C)C)C(C)(C)c2cc(S(=O)(=O)O)ccc21. The first-order valence-corrected chi connectivity index (χ1v) is 20.6. The topological polar surface area (TPSA) is 156 Å². The summed E-state index contributed by atoms with van der Waals surface area (Å²) in [4.78, 5) is 15.0. The molecule has 0 fully saturated rings.